The predicted octanol–water partition coefficient (Wildman–Crippen LogP) is 3.08. The van der Waals surface area contributed by atoms with Gasteiger partial charge in [0, 0.05) is 18.6 Å². The van der Waals surface area contributed by atoms with Gasteiger partial charge in [-0.05, 0) is 45.4 Å². The van der Waals surface area contributed by atoms with Crippen molar-refractivity contribution in [2.75, 3.05) is 13.1 Å². The third-order valence-electron chi connectivity index (χ3n) is 3.64. The third kappa shape index (κ3) is 3.30. The lowest BCUT2D eigenvalue weighted by molar-refractivity contribution is 0.0684. The molecule has 1 saturated heterocycles. The molecule has 1 aliphatic rings. The summed E-state index contributed by atoms with van der Waals surface area (Å²) < 4.78 is 13.9. The molecule has 1 unspecified atom stereocenters. The number of hydrogen-bond acceptors (Lipinski definition) is 2. The summed E-state index contributed by atoms with van der Waals surface area (Å²) in [5.74, 6) is -0.899. The van der Waals surface area contributed by atoms with Crippen LogP contribution in [0.15, 0.2) is 18.2 Å². The first-order chi connectivity index (χ1) is 9.50. The normalized spacial score (nSPS) is 18.6. The Morgan fingerprint density at radius 3 is 2.85 bits per heavy atom. The maximum Gasteiger partial charge on any atom is 0.258 e. The Labute approximate surface area is 124 Å². The molecule has 1 amide bonds. The number of benzene rings is 1. The van der Waals surface area contributed by atoms with Crippen LogP contribution < -0.4 is 5.32 Å². The lowest BCUT2D eigenvalue weighted by Gasteiger charge is -2.30. The molecule has 0 aliphatic carbocycles. The quantitative estimate of drug-likeness (QED) is 0.926. The van der Waals surface area contributed by atoms with Crippen molar-refractivity contribution in [1.82, 2.24) is 10.2 Å². The number of rotatable bonds is 4. The average Bonchev–Trinajstić information content (AvgIpc) is 2.88. The van der Waals surface area contributed by atoms with E-state index in [-0.39, 0.29) is 28.6 Å². The number of nitrogens with one attached hydrogen (secondary N) is 1. The molecule has 3 nitrogen and oxygen atoms in total. The van der Waals surface area contributed by atoms with E-state index in [9.17, 15) is 9.18 Å². The van der Waals surface area contributed by atoms with Gasteiger partial charge in [0.15, 0.2) is 0 Å². The van der Waals surface area contributed by atoms with Crippen LogP contribution in [-0.2, 0) is 0 Å². The number of carbonyl (C=O) groups excluding carboxylic acids is 1. The van der Waals surface area contributed by atoms with Gasteiger partial charge < -0.3 is 10.2 Å². The van der Waals surface area contributed by atoms with Crippen molar-refractivity contribution in [1.29, 1.82) is 0 Å². The van der Waals surface area contributed by atoms with Crippen LogP contribution in [0.1, 0.15) is 37.0 Å². The van der Waals surface area contributed by atoms with Gasteiger partial charge >= 0.3 is 0 Å². The molecule has 110 valence electrons. The van der Waals surface area contributed by atoms with Crippen LogP contribution in [0.3, 0.4) is 0 Å². The minimum atomic E-state index is -0.562. The van der Waals surface area contributed by atoms with Crippen molar-refractivity contribution >= 4 is 17.5 Å². The zero-order valence-electron chi connectivity index (χ0n) is 11.8. The summed E-state index contributed by atoms with van der Waals surface area (Å²) in [6, 6.07) is 4.61. The lowest BCUT2D eigenvalue weighted by Crippen LogP contribution is -2.45. The second-order valence-electron chi connectivity index (χ2n) is 5.44. The fraction of sp³-hybridized carbons (Fsp3) is 0.533. The summed E-state index contributed by atoms with van der Waals surface area (Å²) in [6.07, 6.45) is 2.16. The Morgan fingerprint density at radius 2 is 2.30 bits per heavy atom. The van der Waals surface area contributed by atoms with Gasteiger partial charge in [-0.15, -0.1) is 0 Å². The zero-order chi connectivity index (χ0) is 14.7. The number of hydrogen-bond donors (Lipinski definition) is 1. The van der Waals surface area contributed by atoms with Crippen LogP contribution in [0.4, 0.5) is 4.39 Å². The van der Waals surface area contributed by atoms with E-state index in [4.69, 9.17) is 11.6 Å². The van der Waals surface area contributed by atoms with E-state index >= 15 is 0 Å². The Kier molecular flexibility index (Phi) is 5.00. The molecular formula is C15H20ClFN2O. The van der Waals surface area contributed by atoms with E-state index in [0.717, 1.165) is 19.4 Å². The fourth-order valence-electron chi connectivity index (χ4n) is 2.52. The van der Waals surface area contributed by atoms with E-state index in [1.165, 1.54) is 12.1 Å². The summed E-state index contributed by atoms with van der Waals surface area (Å²) in [6.45, 7) is 5.43. The van der Waals surface area contributed by atoms with Crippen molar-refractivity contribution in [3.8, 4) is 0 Å². The topological polar surface area (TPSA) is 32.3 Å². The SMILES string of the molecule is CC(C)N(CC1CCCN1)C(=O)c1c(F)cccc1Cl. The first kappa shape index (κ1) is 15.3. The molecule has 1 fully saturated rings. The van der Waals surface area contributed by atoms with Crippen molar-refractivity contribution < 1.29 is 9.18 Å². The second kappa shape index (κ2) is 6.55. The van der Waals surface area contributed by atoms with Crippen LogP contribution in [-0.4, -0.2) is 36.0 Å². The molecule has 1 aliphatic heterocycles. The van der Waals surface area contributed by atoms with Crippen LogP contribution >= 0.6 is 11.6 Å². The van der Waals surface area contributed by atoms with E-state index in [2.05, 4.69) is 5.32 Å². The molecule has 1 aromatic rings. The molecule has 1 heterocycles. The molecule has 5 heteroatoms. The van der Waals surface area contributed by atoms with Crippen LogP contribution in [0.2, 0.25) is 5.02 Å². The highest BCUT2D eigenvalue weighted by molar-refractivity contribution is 6.33. The van der Waals surface area contributed by atoms with Crippen LogP contribution in [0.25, 0.3) is 0 Å². The van der Waals surface area contributed by atoms with E-state index in [1.807, 2.05) is 13.8 Å². The highest BCUT2D eigenvalue weighted by Crippen LogP contribution is 2.22. The second-order valence-corrected chi connectivity index (χ2v) is 5.85. The molecule has 0 spiro atoms. The Morgan fingerprint density at radius 1 is 1.55 bits per heavy atom. The van der Waals surface area contributed by atoms with E-state index < -0.39 is 5.82 Å². The van der Waals surface area contributed by atoms with E-state index in [0.29, 0.717) is 6.54 Å². The van der Waals surface area contributed by atoms with Crippen LogP contribution in [0, 0.1) is 5.82 Å². The monoisotopic (exact) mass is 298 g/mol. The summed E-state index contributed by atoms with van der Waals surface area (Å²) in [5.41, 5.74) is -0.0270. The minimum Gasteiger partial charge on any atom is -0.335 e. The van der Waals surface area contributed by atoms with Gasteiger partial charge in [-0.25, -0.2) is 4.39 Å². The van der Waals surface area contributed by atoms with Crippen molar-refractivity contribution in [2.45, 2.75) is 38.8 Å². The smallest absolute Gasteiger partial charge is 0.258 e. The standard InChI is InChI=1S/C15H20ClFN2O/c1-10(2)19(9-11-5-4-8-18-11)15(20)14-12(16)6-3-7-13(14)17/h3,6-7,10-11,18H,4-5,8-9H2,1-2H3. The van der Waals surface area contributed by atoms with Gasteiger partial charge in [0.25, 0.3) is 5.91 Å². The summed E-state index contributed by atoms with van der Waals surface area (Å²) >= 11 is 5.99. The van der Waals surface area contributed by atoms with Crippen LogP contribution in [0.5, 0.6) is 0 Å². The first-order valence-electron chi connectivity index (χ1n) is 6.99. The van der Waals surface area contributed by atoms with Gasteiger partial charge in [0.05, 0.1) is 10.6 Å². The summed E-state index contributed by atoms with van der Waals surface area (Å²) in [4.78, 5) is 14.3. The summed E-state index contributed by atoms with van der Waals surface area (Å²) in [7, 11) is 0. The number of carbonyl (C=O) groups is 1. The molecule has 0 bridgehead atoms. The predicted molar refractivity (Wildman–Crippen MR) is 78.6 cm³/mol. The highest BCUT2D eigenvalue weighted by atomic mass is 35.5. The highest BCUT2D eigenvalue weighted by Gasteiger charge is 2.27. The largest absolute Gasteiger partial charge is 0.335 e. The molecule has 2 rings (SSSR count). The molecule has 0 radical (unpaired) electrons. The van der Waals surface area contributed by atoms with Gasteiger partial charge in [0.1, 0.15) is 5.82 Å². The molecule has 1 aromatic carbocycles. The Bertz CT molecular complexity index is 467. The van der Waals surface area contributed by atoms with Gasteiger partial charge in [0.2, 0.25) is 0 Å². The Balaban J connectivity index is 2.22. The van der Waals surface area contributed by atoms with Gasteiger partial charge in [-0.1, -0.05) is 17.7 Å². The number of amides is 1. The molecule has 0 saturated carbocycles. The van der Waals surface area contributed by atoms with Crippen molar-refractivity contribution in [3.05, 3.63) is 34.6 Å². The zero-order valence-corrected chi connectivity index (χ0v) is 12.6. The molecular weight excluding hydrogens is 279 g/mol. The first-order valence-corrected chi connectivity index (χ1v) is 7.37. The minimum absolute atomic E-state index is 0.000530. The molecule has 0 aromatic heterocycles. The van der Waals surface area contributed by atoms with Gasteiger partial charge in [-0.3, -0.25) is 4.79 Å². The van der Waals surface area contributed by atoms with Crippen molar-refractivity contribution in [3.63, 3.8) is 0 Å². The summed E-state index contributed by atoms with van der Waals surface area (Å²) in [5, 5.41) is 3.52. The van der Waals surface area contributed by atoms with Crippen molar-refractivity contribution in [2.24, 2.45) is 0 Å². The molecule has 20 heavy (non-hydrogen) atoms. The fourth-order valence-corrected chi connectivity index (χ4v) is 2.77. The van der Waals surface area contributed by atoms with E-state index in [1.54, 1.807) is 11.0 Å². The van der Waals surface area contributed by atoms with Gasteiger partial charge in [-0.2, -0.15) is 0 Å². The maximum atomic E-state index is 13.9. The molecule has 1 atom stereocenters. The number of halogens is 2. The average molecular weight is 299 g/mol. The molecule has 1 N–H and O–H groups in total. The Hall–Kier alpha value is -1.13. The number of nitrogens with zero attached hydrogens (tertiary/aromatic N) is 1. The lowest BCUT2D eigenvalue weighted by atomic mass is 10.1. The maximum absolute atomic E-state index is 13.9. The third-order valence-corrected chi connectivity index (χ3v) is 3.96.